The molecule has 1 saturated carbocycles. The minimum absolute atomic E-state index is 0.969. The van der Waals surface area contributed by atoms with Crippen LogP contribution in [0, 0.1) is 5.92 Å². The molecule has 0 atom stereocenters. The Kier molecular flexibility index (Phi) is 4.40. The summed E-state index contributed by atoms with van der Waals surface area (Å²) >= 11 is 0. The van der Waals surface area contributed by atoms with Crippen molar-refractivity contribution in [3.05, 3.63) is 18.0 Å². The summed E-state index contributed by atoms with van der Waals surface area (Å²) in [5, 5.41) is 7.83. The maximum absolute atomic E-state index is 4.32. The van der Waals surface area contributed by atoms with Gasteiger partial charge < -0.3 is 5.32 Å². The molecule has 3 heteroatoms. The maximum Gasteiger partial charge on any atom is 0.0534 e. The summed E-state index contributed by atoms with van der Waals surface area (Å²) in [6, 6.07) is 0. The van der Waals surface area contributed by atoms with Crippen molar-refractivity contribution in [2.45, 2.75) is 52.1 Å². The lowest BCUT2D eigenvalue weighted by Crippen LogP contribution is -2.20. The van der Waals surface area contributed by atoms with Crippen molar-refractivity contribution in [1.82, 2.24) is 15.1 Å². The zero-order valence-corrected chi connectivity index (χ0v) is 10.3. The fourth-order valence-electron chi connectivity index (χ4n) is 2.17. The molecule has 1 heterocycles. The van der Waals surface area contributed by atoms with Gasteiger partial charge in [0.15, 0.2) is 0 Å². The Balaban J connectivity index is 1.60. The fraction of sp³-hybridized carbons (Fsp3) is 0.769. The van der Waals surface area contributed by atoms with Crippen molar-refractivity contribution >= 4 is 0 Å². The van der Waals surface area contributed by atoms with Crippen molar-refractivity contribution < 1.29 is 0 Å². The number of nitrogens with zero attached hydrogens (tertiary/aromatic N) is 2. The zero-order valence-electron chi connectivity index (χ0n) is 10.3. The monoisotopic (exact) mass is 221 g/mol. The standard InChI is InChI=1S/C13H23N3/c1-2-8-16-11-13(10-15-16)9-14-7-6-12-4-3-5-12/h10-12,14H,2-9H2,1H3. The van der Waals surface area contributed by atoms with Gasteiger partial charge in [-0.15, -0.1) is 0 Å². The Labute approximate surface area is 98.2 Å². The number of hydrogen-bond acceptors (Lipinski definition) is 2. The van der Waals surface area contributed by atoms with Crippen molar-refractivity contribution in [2.75, 3.05) is 6.54 Å². The second-order valence-corrected chi connectivity index (χ2v) is 4.87. The smallest absolute Gasteiger partial charge is 0.0534 e. The van der Waals surface area contributed by atoms with Gasteiger partial charge >= 0.3 is 0 Å². The summed E-state index contributed by atoms with van der Waals surface area (Å²) < 4.78 is 2.03. The minimum Gasteiger partial charge on any atom is -0.313 e. The average Bonchev–Trinajstić information content (AvgIpc) is 2.63. The summed E-state index contributed by atoms with van der Waals surface area (Å²) in [4.78, 5) is 0. The van der Waals surface area contributed by atoms with Gasteiger partial charge in [0.05, 0.1) is 6.20 Å². The van der Waals surface area contributed by atoms with Crippen LogP contribution in [-0.2, 0) is 13.1 Å². The average molecular weight is 221 g/mol. The molecular formula is C13H23N3. The maximum atomic E-state index is 4.32. The highest BCUT2D eigenvalue weighted by molar-refractivity contribution is 5.03. The molecule has 16 heavy (non-hydrogen) atoms. The highest BCUT2D eigenvalue weighted by Crippen LogP contribution is 2.28. The van der Waals surface area contributed by atoms with Gasteiger partial charge in [-0.2, -0.15) is 5.10 Å². The van der Waals surface area contributed by atoms with Gasteiger partial charge in [-0.1, -0.05) is 26.2 Å². The van der Waals surface area contributed by atoms with Crippen LogP contribution in [0.2, 0.25) is 0 Å². The number of hydrogen-bond donors (Lipinski definition) is 1. The first-order chi connectivity index (χ1) is 7.88. The first kappa shape index (κ1) is 11.6. The molecule has 0 unspecified atom stereocenters. The van der Waals surface area contributed by atoms with Crippen molar-refractivity contribution in [2.24, 2.45) is 5.92 Å². The molecule has 2 rings (SSSR count). The van der Waals surface area contributed by atoms with Gasteiger partial charge in [0.25, 0.3) is 0 Å². The van der Waals surface area contributed by atoms with Gasteiger partial charge in [0, 0.05) is 24.8 Å². The summed E-state index contributed by atoms with van der Waals surface area (Å²) in [6.45, 7) is 5.33. The summed E-state index contributed by atoms with van der Waals surface area (Å²) in [6.07, 6.45) is 11.0. The van der Waals surface area contributed by atoms with Gasteiger partial charge in [-0.3, -0.25) is 4.68 Å². The molecule has 1 aliphatic carbocycles. The third-order valence-electron chi connectivity index (χ3n) is 3.42. The highest BCUT2D eigenvalue weighted by Gasteiger charge is 2.16. The molecule has 0 saturated heterocycles. The molecule has 90 valence electrons. The first-order valence-corrected chi connectivity index (χ1v) is 6.60. The van der Waals surface area contributed by atoms with E-state index < -0.39 is 0 Å². The Morgan fingerprint density at radius 1 is 1.50 bits per heavy atom. The van der Waals surface area contributed by atoms with E-state index in [9.17, 15) is 0 Å². The van der Waals surface area contributed by atoms with Crippen molar-refractivity contribution in [3.63, 3.8) is 0 Å². The molecular weight excluding hydrogens is 198 g/mol. The first-order valence-electron chi connectivity index (χ1n) is 6.60. The Hall–Kier alpha value is -0.830. The van der Waals surface area contributed by atoms with Crippen molar-refractivity contribution in [1.29, 1.82) is 0 Å². The van der Waals surface area contributed by atoms with Crippen LogP contribution in [-0.4, -0.2) is 16.3 Å². The van der Waals surface area contributed by atoms with E-state index in [-0.39, 0.29) is 0 Å². The molecule has 0 radical (unpaired) electrons. The molecule has 0 spiro atoms. The van der Waals surface area contributed by atoms with E-state index in [1.165, 1.54) is 31.2 Å². The number of aromatic nitrogens is 2. The summed E-state index contributed by atoms with van der Waals surface area (Å²) in [7, 11) is 0. The van der Waals surface area contributed by atoms with Gasteiger partial charge in [0.1, 0.15) is 0 Å². The van der Waals surface area contributed by atoms with Gasteiger partial charge in [-0.05, 0) is 25.3 Å². The molecule has 1 aliphatic rings. The van der Waals surface area contributed by atoms with E-state index in [0.717, 1.165) is 32.0 Å². The van der Waals surface area contributed by atoms with Crippen LogP contribution >= 0.6 is 0 Å². The minimum atomic E-state index is 0.969. The third-order valence-corrected chi connectivity index (χ3v) is 3.42. The molecule has 0 aromatic carbocycles. The van der Waals surface area contributed by atoms with Crippen molar-refractivity contribution in [3.8, 4) is 0 Å². The topological polar surface area (TPSA) is 29.9 Å². The number of rotatable bonds is 7. The second kappa shape index (κ2) is 6.04. The number of aryl methyl sites for hydroxylation is 1. The van der Waals surface area contributed by atoms with Crippen LogP contribution in [0.25, 0.3) is 0 Å². The lowest BCUT2D eigenvalue weighted by Gasteiger charge is -2.25. The van der Waals surface area contributed by atoms with E-state index in [4.69, 9.17) is 0 Å². The molecule has 0 aliphatic heterocycles. The molecule has 0 bridgehead atoms. The van der Waals surface area contributed by atoms with Crippen LogP contribution < -0.4 is 5.32 Å². The van der Waals surface area contributed by atoms with Gasteiger partial charge in [-0.25, -0.2) is 0 Å². The van der Waals surface area contributed by atoms with E-state index in [1.807, 2.05) is 10.9 Å². The van der Waals surface area contributed by atoms with Crippen LogP contribution in [0.4, 0.5) is 0 Å². The van der Waals surface area contributed by atoms with E-state index >= 15 is 0 Å². The Morgan fingerprint density at radius 3 is 3.06 bits per heavy atom. The Bertz CT molecular complexity index is 302. The highest BCUT2D eigenvalue weighted by atomic mass is 15.3. The SMILES string of the molecule is CCCn1cc(CNCCC2CCC2)cn1. The molecule has 1 aromatic heterocycles. The Morgan fingerprint density at radius 2 is 2.38 bits per heavy atom. The molecule has 1 fully saturated rings. The molecule has 1 N–H and O–H groups in total. The summed E-state index contributed by atoms with van der Waals surface area (Å²) in [5.74, 6) is 1.01. The van der Waals surface area contributed by atoms with E-state index in [1.54, 1.807) is 0 Å². The molecule has 0 amide bonds. The quantitative estimate of drug-likeness (QED) is 0.717. The number of nitrogens with one attached hydrogen (secondary N) is 1. The second-order valence-electron chi connectivity index (χ2n) is 4.87. The van der Waals surface area contributed by atoms with Gasteiger partial charge in [0.2, 0.25) is 0 Å². The predicted molar refractivity (Wildman–Crippen MR) is 66.2 cm³/mol. The normalized spacial score (nSPS) is 16.3. The van der Waals surface area contributed by atoms with Crippen LogP contribution in [0.15, 0.2) is 12.4 Å². The molecule has 3 nitrogen and oxygen atoms in total. The fourth-order valence-corrected chi connectivity index (χ4v) is 2.17. The lowest BCUT2D eigenvalue weighted by molar-refractivity contribution is 0.292. The molecule has 1 aromatic rings. The largest absolute Gasteiger partial charge is 0.313 e. The van der Waals surface area contributed by atoms with Crippen LogP contribution in [0.1, 0.15) is 44.6 Å². The van der Waals surface area contributed by atoms with E-state index in [0.29, 0.717) is 0 Å². The van der Waals surface area contributed by atoms with E-state index in [2.05, 4.69) is 23.5 Å². The van der Waals surface area contributed by atoms with Crippen LogP contribution in [0.3, 0.4) is 0 Å². The predicted octanol–water partition coefficient (Wildman–Crippen LogP) is 2.57. The van der Waals surface area contributed by atoms with Crippen LogP contribution in [0.5, 0.6) is 0 Å². The lowest BCUT2D eigenvalue weighted by atomic mass is 9.83. The zero-order chi connectivity index (χ0) is 11.2. The third kappa shape index (κ3) is 3.34. The summed E-state index contributed by atoms with van der Waals surface area (Å²) in [5.41, 5.74) is 1.31.